The summed E-state index contributed by atoms with van der Waals surface area (Å²) < 4.78 is 19.8. The fourth-order valence-corrected chi connectivity index (χ4v) is 2.28. The molecule has 0 aliphatic heterocycles. The number of carbonyl (C=O) groups is 4. The molecule has 0 bridgehead atoms. The van der Waals surface area contributed by atoms with Gasteiger partial charge >= 0.3 is 23.9 Å². The molecule has 1 rings (SSSR count). The molecule has 0 radical (unpaired) electrons. The summed E-state index contributed by atoms with van der Waals surface area (Å²) in [7, 11) is 0. The van der Waals surface area contributed by atoms with Crippen molar-refractivity contribution in [2.45, 2.75) is 40.9 Å². The van der Waals surface area contributed by atoms with Crippen molar-refractivity contribution in [1.82, 2.24) is 4.98 Å². The smallest absolute Gasteiger partial charge is 0.330 e. The van der Waals surface area contributed by atoms with Gasteiger partial charge in [-0.15, -0.1) is 0 Å². The van der Waals surface area contributed by atoms with Crippen molar-refractivity contribution in [3.05, 3.63) is 34.7 Å². The highest BCUT2D eigenvalue weighted by Gasteiger charge is 2.17. The van der Waals surface area contributed by atoms with E-state index in [-0.39, 0.29) is 26.4 Å². The van der Waals surface area contributed by atoms with Crippen molar-refractivity contribution in [3.63, 3.8) is 0 Å². The van der Waals surface area contributed by atoms with Gasteiger partial charge in [0.25, 0.3) is 0 Å². The van der Waals surface area contributed by atoms with Crippen molar-refractivity contribution in [2.75, 3.05) is 13.2 Å². The number of aromatic amines is 1. The minimum Gasteiger partial charge on any atom is -0.463 e. The van der Waals surface area contributed by atoms with Crippen molar-refractivity contribution in [1.29, 1.82) is 0 Å². The van der Waals surface area contributed by atoms with E-state index in [0.29, 0.717) is 22.5 Å². The minimum atomic E-state index is -0.561. The zero-order valence-corrected chi connectivity index (χ0v) is 16.9. The maximum Gasteiger partial charge on any atom is 0.330 e. The molecule has 0 saturated heterocycles. The normalized spacial score (nSPS) is 10.9. The maximum atomic E-state index is 11.7. The van der Waals surface area contributed by atoms with E-state index in [1.165, 1.54) is 38.2 Å². The van der Waals surface area contributed by atoms with Gasteiger partial charge in [-0.05, 0) is 26.0 Å². The lowest BCUT2D eigenvalue weighted by Gasteiger charge is -2.03. The maximum absolute atomic E-state index is 11.7. The van der Waals surface area contributed by atoms with Gasteiger partial charge in [-0.2, -0.15) is 0 Å². The standard InChI is InChI=1S/C20H25NO8/c1-5-26-19(24)9-7-15-16(8-10-20(25)27-6-2)18(12-29-14(4)23)21-17(15)11-28-13(3)22/h7-10,21H,5-6,11-12H2,1-4H3/b9-7+,10-8+. The Balaban J connectivity index is 3.39. The zero-order chi connectivity index (χ0) is 21.8. The molecule has 0 aromatic carbocycles. The van der Waals surface area contributed by atoms with Crippen LogP contribution in [0.4, 0.5) is 0 Å². The first-order valence-corrected chi connectivity index (χ1v) is 8.98. The second-order valence-corrected chi connectivity index (χ2v) is 5.64. The average molecular weight is 407 g/mol. The fraction of sp³-hybridized carbons (Fsp3) is 0.400. The molecule has 0 aliphatic rings. The van der Waals surface area contributed by atoms with Crippen LogP contribution in [-0.2, 0) is 51.3 Å². The Morgan fingerprint density at radius 2 is 1.10 bits per heavy atom. The SMILES string of the molecule is CCOC(=O)/C=C/c1c(COC(C)=O)[nH]c(COC(C)=O)c1/C=C/C(=O)OCC. The van der Waals surface area contributed by atoms with E-state index < -0.39 is 23.9 Å². The molecule has 0 spiro atoms. The monoisotopic (exact) mass is 407 g/mol. The second-order valence-electron chi connectivity index (χ2n) is 5.64. The summed E-state index contributed by atoms with van der Waals surface area (Å²) in [6, 6.07) is 0. The Bertz CT molecular complexity index is 739. The highest BCUT2D eigenvalue weighted by atomic mass is 16.5. The second kappa shape index (κ2) is 12.2. The Kier molecular flexibility index (Phi) is 9.94. The number of hydrogen-bond donors (Lipinski definition) is 1. The zero-order valence-electron chi connectivity index (χ0n) is 16.9. The summed E-state index contributed by atoms with van der Waals surface area (Å²) in [6.07, 6.45) is 5.35. The molecule has 1 heterocycles. The number of nitrogens with one attached hydrogen (secondary N) is 1. The lowest BCUT2D eigenvalue weighted by atomic mass is 10.1. The first-order valence-electron chi connectivity index (χ1n) is 8.98. The van der Waals surface area contributed by atoms with Crippen LogP contribution in [0.2, 0.25) is 0 Å². The Morgan fingerprint density at radius 3 is 1.41 bits per heavy atom. The van der Waals surface area contributed by atoms with Crippen molar-refractivity contribution >= 4 is 36.0 Å². The van der Waals surface area contributed by atoms with Crippen molar-refractivity contribution in [3.8, 4) is 0 Å². The summed E-state index contributed by atoms with van der Waals surface area (Å²) in [5, 5.41) is 0. The van der Waals surface area contributed by atoms with Crippen LogP contribution in [0.1, 0.15) is 50.2 Å². The molecule has 0 saturated carbocycles. The topological polar surface area (TPSA) is 121 Å². The molecule has 0 aliphatic carbocycles. The van der Waals surface area contributed by atoms with Crippen LogP contribution in [-0.4, -0.2) is 42.1 Å². The van der Waals surface area contributed by atoms with Gasteiger partial charge in [0.2, 0.25) is 0 Å². The lowest BCUT2D eigenvalue weighted by molar-refractivity contribution is -0.143. The molecule has 0 unspecified atom stereocenters. The van der Waals surface area contributed by atoms with Crippen molar-refractivity contribution < 1.29 is 38.1 Å². The van der Waals surface area contributed by atoms with E-state index in [4.69, 9.17) is 18.9 Å². The molecular weight excluding hydrogens is 382 g/mol. The van der Waals surface area contributed by atoms with Gasteiger partial charge in [-0.25, -0.2) is 9.59 Å². The molecule has 0 atom stereocenters. The van der Waals surface area contributed by atoms with E-state index >= 15 is 0 Å². The number of ether oxygens (including phenoxy) is 4. The van der Waals surface area contributed by atoms with E-state index in [0.717, 1.165) is 0 Å². The molecule has 9 nitrogen and oxygen atoms in total. The van der Waals surface area contributed by atoms with Crippen LogP contribution in [0.5, 0.6) is 0 Å². The third-order valence-electron chi connectivity index (χ3n) is 3.43. The average Bonchev–Trinajstić information content (AvgIpc) is 2.98. The third-order valence-corrected chi connectivity index (χ3v) is 3.43. The highest BCUT2D eigenvalue weighted by Crippen LogP contribution is 2.25. The van der Waals surface area contributed by atoms with Crippen LogP contribution in [0, 0.1) is 0 Å². The van der Waals surface area contributed by atoms with Gasteiger partial charge < -0.3 is 23.9 Å². The van der Waals surface area contributed by atoms with Gasteiger partial charge in [0.05, 0.1) is 24.6 Å². The van der Waals surface area contributed by atoms with Crippen LogP contribution in [0.25, 0.3) is 12.2 Å². The summed E-state index contributed by atoms with van der Waals surface area (Å²) >= 11 is 0. The molecule has 0 fully saturated rings. The van der Waals surface area contributed by atoms with E-state index in [2.05, 4.69) is 4.98 Å². The number of rotatable bonds is 10. The first kappa shape index (κ1) is 23.7. The van der Waals surface area contributed by atoms with Crippen LogP contribution in [0.3, 0.4) is 0 Å². The van der Waals surface area contributed by atoms with E-state index in [1.807, 2.05) is 0 Å². The molecule has 0 amide bonds. The molecule has 1 aromatic heterocycles. The largest absolute Gasteiger partial charge is 0.463 e. The van der Waals surface area contributed by atoms with Crippen molar-refractivity contribution in [2.24, 2.45) is 0 Å². The predicted octanol–water partition coefficient (Wildman–Crippen LogP) is 2.29. The number of hydrogen-bond acceptors (Lipinski definition) is 8. The highest BCUT2D eigenvalue weighted by molar-refractivity contribution is 5.91. The predicted molar refractivity (Wildman–Crippen MR) is 103 cm³/mol. The van der Waals surface area contributed by atoms with Gasteiger partial charge in [0, 0.05) is 37.1 Å². The summed E-state index contributed by atoms with van der Waals surface area (Å²) in [6.45, 7) is 6.08. The minimum absolute atomic E-state index is 0.113. The van der Waals surface area contributed by atoms with Gasteiger partial charge in [-0.3, -0.25) is 9.59 Å². The number of H-pyrrole nitrogens is 1. The van der Waals surface area contributed by atoms with Gasteiger partial charge in [-0.1, -0.05) is 0 Å². The first-order chi connectivity index (χ1) is 13.8. The quantitative estimate of drug-likeness (QED) is 0.356. The third kappa shape index (κ3) is 8.46. The lowest BCUT2D eigenvalue weighted by Crippen LogP contribution is -2.02. The molecule has 1 aromatic rings. The molecule has 29 heavy (non-hydrogen) atoms. The van der Waals surface area contributed by atoms with Gasteiger partial charge in [0.15, 0.2) is 0 Å². The summed E-state index contributed by atoms with van der Waals surface area (Å²) in [5.74, 6) is -2.11. The fourth-order valence-electron chi connectivity index (χ4n) is 2.28. The summed E-state index contributed by atoms with van der Waals surface area (Å²) in [5.41, 5.74) is 1.85. The molecular formula is C20H25NO8. The number of carbonyl (C=O) groups excluding carboxylic acids is 4. The van der Waals surface area contributed by atoms with Crippen LogP contribution in [0.15, 0.2) is 12.2 Å². The molecule has 1 N–H and O–H groups in total. The van der Waals surface area contributed by atoms with Crippen LogP contribution >= 0.6 is 0 Å². The summed E-state index contributed by atoms with van der Waals surface area (Å²) in [4.78, 5) is 48.8. The van der Waals surface area contributed by atoms with Gasteiger partial charge in [0.1, 0.15) is 13.2 Å². The number of esters is 4. The number of aromatic nitrogens is 1. The Morgan fingerprint density at radius 1 is 0.724 bits per heavy atom. The van der Waals surface area contributed by atoms with Crippen LogP contribution < -0.4 is 0 Å². The molecule has 9 heteroatoms. The Labute approximate surface area is 168 Å². The van der Waals surface area contributed by atoms with E-state index in [1.54, 1.807) is 13.8 Å². The molecule has 158 valence electrons. The Hall–Kier alpha value is -3.36. The van der Waals surface area contributed by atoms with E-state index in [9.17, 15) is 19.2 Å².